The van der Waals surface area contributed by atoms with Gasteiger partial charge in [-0.05, 0) is 31.4 Å². The molecule has 3 amide bonds. The van der Waals surface area contributed by atoms with Gasteiger partial charge in [0, 0.05) is 42.3 Å². The number of likely N-dealkylation sites (tertiary alicyclic amines) is 1. The first-order valence-electron chi connectivity index (χ1n) is 14.5. The van der Waals surface area contributed by atoms with Gasteiger partial charge in [-0.25, -0.2) is 13.4 Å². The van der Waals surface area contributed by atoms with Gasteiger partial charge in [0.15, 0.2) is 0 Å². The number of amides is 3. The molecule has 6 rings (SSSR count). The van der Waals surface area contributed by atoms with Crippen molar-refractivity contribution in [3.05, 3.63) is 67.3 Å². The molecule has 2 saturated carbocycles. The summed E-state index contributed by atoms with van der Waals surface area (Å²) in [4.78, 5) is 45.7. The van der Waals surface area contributed by atoms with Crippen LogP contribution in [0.3, 0.4) is 0 Å². The highest BCUT2D eigenvalue weighted by Gasteiger charge is 2.61. The van der Waals surface area contributed by atoms with Gasteiger partial charge in [-0.3, -0.25) is 19.1 Å². The molecule has 12 heteroatoms. The fraction of sp³-hybridized carbons (Fsp3) is 0.375. The molecule has 44 heavy (non-hydrogen) atoms. The molecule has 1 aromatic heterocycles. The molecule has 11 nitrogen and oxygen atoms in total. The number of nitrogens with one attached hydrogen (secondary N) is 2. The van der Waals surface area contributed by atoms with Gasteiger partial charge in [-0.1, -0.05) is 36.4 Å². The van der Waals surface area contributed by atoms with Crippen LogP contribution < -0.4 is 19.5 Å². The first-order valence-corrected chi connectivity index (χ1v) is 16.1. The minimum atomic E-state index is -3.81. The maximum atomic E-state index is 13.7. The highest BCUT2D eigenvalue weighted by atomic mass is 32.2. The number of pyridine rings is 1. The van der Waals surface area contributed by atoms with E-state index in [0.29, 0.717) is 35.6 Å². The third-order valence-electron chi connectivity index (χ3n) is 8.56. The van der Waals surface area contributed by atoms with Crippen molar-refractivity contribution < 1.29 is 32.3 Å². The molecule has 0 spiro atoms. The smallest absolute Gasteiger partial charge is 0.259 e. The Morgan fingerprint density at radius 3 is 2.50 bits per heavy atom. The molecule has 3 aromatic rings. The van der Waals surface area contributed by atoms with Gasteiger partial charge < -0.3 is 19.7 Å². The molecule has 0 bridgehead atoms. The number of ether oxygens (including phenoxy) is 2. The van der Waals surface area contributed by atoms with Gasteiger partial charge >= 0.3 is 0 Å². The first-order chi connectivity index (χ1) is 21.0. The summed E-state index contributed by atoms with van der Waals surface area (Å²) in [5.74, 6) is -0.907. The number of hydrogen-bond donors (Lipinski definition) is 2. The lowest BCUT2D eigenvalue weighted by atomic mass is 10.1. The molecule has 3 aliphatic rings. The van der Waals surface area contributed by atoms with Crippen LogP contribution in [-0.2, 0) is 24.4 Å². The number of carbonyl (C=O) groups is 3. The van der Waals surface area contributed by atoms with E-state index >= 15 is 0 Å². The van der Waals surface area contributed by atoms with Crippen molar-refractivity contribution in [3.63, 3.8) is 0 Å². The third-order valence-corrected chi connectivity index (χ3v) is 10.4. The van der Waals surface area contributed by atoms with Crippen LogP contribution in [0.5, 0.6) is 11.5 Å². The highest BCUT2D eigenvalue weighted by Crippen LogP contribution is 2.45. The van der Waals surface area contributed by atoms with E-state index < -0.39 is 50.7 Å². The molecule has 2 N–H and O–H groups in total. The summed E-state index contributed by atoms with van der Waals surface area (Å²) in [6.07, 6.45) is 2.37. The number of aromatic nitrogens is 1. The summed E-state index contributed by atoms with van der Waals surface area (Å²) < 4.78 is 39.0. The zero-order valence-corrected chi connectivity index (χ0v) is 25.3. The van der Waals surface area contributed by atoms with E-state index in [-0.39, 0.29) is 25.3 Å². The number of benzene rings is 2. The van der Waals surface area contributed by atoms with Crippen LogP contribution in [0.15, 0.2) is 67.3 Å². The number of carbonyl (C=O) groups excluding carboxylic acids is 3. The van der Waals surface area contributed by atoms with E-state index in [2.05, 4.69) is 16.6 Å². The number of rotatable bonds is 10. The Morgan fingerprint density at radius 1 is 1.11 bits per heavy atom. The van der Waals surface area contributed by atoms with Crippen molar-refractivity contribution in [1.29, 1.82) is 0 Å². The number of nitrogens with zero attached hydrogens (tertiary/aromatic N) is 2. The Labute approximate surface area is 255 Å². The highest BCUT2D eigenvalue weighted by molar-refractivity contribution is 7.91. The van der Waals surface area contributed by atoms with Crippen molar-refractivity contribution in [2.45, 2.75) is 55.5 Å². The number of sulfonamides is 1. The maximum absolute atomic E-state index is 13.7. The summed E-state index contributed by atoms with van der Waals surface area (Å²) in [5, 5.41) is 2.93. The summed E-state index contributed by atoms with van der Waals surface area (Å²) >= 11 is 0. The van der Waals surface area contributed by atoms with Crippen molar-refractivity contribution >= 4 is 38.6 Å². The number of fused-ring (bicyclic) bond motifs is 1. The van der Waals surface area contributed by atoms with Gasteiger partial charge in [0.25, 0.3) is 5.91 Å². The lowest BCUT2D eigenvalue weighted by Gasteiger charge is -2.25. The minimum Gasteiger partial charge on any atom is -0.497 e. The summed E-state index contributed by atoms with van der Waals surface area (Å²) in [6, 6.07) is 16.1. The molecule has 230 valence electrons. The SMILES string of the molecule is C=C[C@@H]1C[C@]1(NC(=O)[C@@H]1C[C@@H](Oc2cc(-c3ccccc3)nc3cc(OC)ccc23)CN1C(C)=O)C(=O)NS(=O)(=O)C1CC1. The molecule has 2 heterocycles. The van der Waals surface area contributed by atoms with Crippen LogP contribution in [0.2, 0.25) is 0 Å². The molecule has 1 saturated heterocycles. The standard InChI is InChI=1S/C32H34N4O7S/c1-4-21-17-32(21,31(39)35-44(40,41)24-11-12-24)34-30(38)28-15-23(18-36(28)19(2)37)43-29-16-26(20-8-6-5-7-9-20)33-27-14-22(42-3)10-13-25(27)29/h4-10,13-14,16,21,23-24,28H,1,11-12,15,17-18H2,2-3H3,(H,34,38)(H,35,39)/t21-,23-,28+,32-/m1/s1. The third kappa shape index (κ3) is 5.61. The maximum Gasteiger partial charge on any atom is 0.259 e. The lowest BCUT2D eigenvalue weighted by molar-refractivity contribution is -0.138. The summed E-state index contributed by atoms with van der Waals surface area (Å²) in [7, 11) is -2.23. The monoisotopic (exact) mass is 618 g/mol. The normalized spacial score (nSPS) is 24.4. The minimum absolute atomic E-state index is 0.147. The van der Waals surface area contributed by atoms with Crippen LogP contribution >= 0.6 is 0 Å². The average molecular weight is 619 g/mol. The molecule has 2 aliphatic carbocycles. The van der Waals surface area contributed by atoms with Gasteiger partial charge in [-0.15, -0.1) is 6.58 Å². The molecule has 4 atom stereocenters. The van der Waals surface area contributed by atoms with Crippen LogP contribution in [0, 0.1) is 5.92 Å². The van der Waals surface area contributed by atoms with Crippen LogP contribution in [0.4, 0.5) is 0 Å². The molecule has 2 aromatic carbocycles. The Balaban J connectivity index is 1.25. The second-order valence-electron chi connectivity index (χ2n) is 11.6. The summed E-state index contributed by atoms with van der Waals surface area (Å²) in [6.45, 7) is 5.26. The topological polar surface area (TPSA) is 144 Å². The van der Waals surface area contributed by atoms with E-state index in [1.165, 1.54) is 17.9 Å². The van der Waals surface area contributed by atoms with Crippen molar-refractivity contribution in [3.8, 4) is 22.8 Å². The van der Waals surface area contributed by atoms with Crippen molar-refractivity contribution in [2.75, 3.05) is 13.7 Å². The Hall–Kier alpha value is -4.45. The van der Waals surface area contributed by atoms with Crippen molar-refractivity contribution in [2.24, 2.45) is 5.92 Å². The quantitative estimate of drug-likeness (QED) is 0.330. The second kappa shape index (κ2) is 11.2. The predicted molar refractivity (Wildman–Crippen MR) is 163 cm³/mol. The molecular formula is C32H34N4O7S. The zero-order chi connectivity index (χ0) is 31.2. The van der Waals surface area contributed by atoms with Gasteiger partial charge in [0.2, 0.25) is 21.8 Å². The van der Waals surface area contributed by atoms with Crippen LogP contribution in [0.25, 0.3) is 22.2 Å². The summed E-state index contributed by atoms with van der Waals surface area (Å²) in [5.41, 5.74) is 0.808. The second-order valence-corrected chi connectivity index (χ2v) is 13.6. The lowest BCUT2D eigenvalue weighted by Crippen LogP contribution is -2.56. The van der Waals surface area contributed by atoms with Crippen molar-refractivity contribution in [1.82, 2.24) is 19.9 Å². The van der Waals surface area contributed by atoms with Gasteiger partial charge in [0.1, 0.15) is 29.2 Å². The molecular weight excluding hydrogens is 584 g/mol. The molecule has 0 unspecified atom stereocenters. The van der Waals surface area contributed by atoms with E-state index in [4.69, 9.17) is 14.5 Å². The molecule has 3 fully saturated rings. The van der Waals surface area contributed by atoms with Gasteiger partial charge in [-0.2, -0.15) is 0 Å². The fourth-order valence-corrected chi connectivity index (χ4v) is 7.20. The largest absolute Gasteiger partial charge is 0.497 e. The van der Waals surface area contributed by atoms with E-state index in [1.807, 2.05) is 54.6 Å². The van der Waals surface area contributed by atoms with E-state index in [0.717, 1.165) is 10.9 Å². The van der Waals surface area contributed by atoms with Gasteiger partial charge in [0.05, 0.1) is 30.1 Å². The zero-order valence-electron chi connectivity index (χ0n) is 24.5. The number of methoxy groups -OCH3 is 1. The molecule has 1 aliphatic heterocycles. The average Bonchev–Trinajstić information content (AvgIpc) is 3.94. The van der Waals surface area contributed by atoms with Crippen LogP contribution in [0.1, 0.15) is 32.6 Å². The Kier molecular flexibility index (Phi) is 7.56. The first kappa shape index (κ1) is 29.6. The number of hydrogen-bond acceptors (Lipinski definition) is 8. The molecule has 0 radical (unpaired) electrons. The van der Waals surface area contributed by atoms with E-state index in [9.17, 15) is 22.8 Å². The van der Waals surface area contributed by atoms with E-state index in [1.54, 1.807) is 7.11 Å². The fourth-order valence-electron chi connectivity index (χ4n) is 5.84. The predicted octanol–water partition coefficient (Wildman–Crippen LogP) is 2.95. The van der Waals surface area contributed by atoms with Crippen LogP contribution in [-0.4, -0.2) is 72.6 Å². The Bertz CT molecular complexity index is 1760. The Morgan fingerprint density at radius 2 is 1.86 bits per heavy atom.